The number of benzene rings is 2. The third kappa shape index (κ3) is 6.40. The Morgan fingerprint density at radius 2 is 1.94 bits per heavy atom. The fourth-order valence-corrected chi connectivity index (χ4v) is 2.54. The number of methoxy groups -OCH3 is 1. The standard InChI is InChI=1S/C19H16ClF3N2O6/c1-3-18(26)31-24-15(10-29-2)13-9-12(5-6-16(13)25(27)28)30-17-7-4-11(8-14(17)20)19(21,22)23/h4-9H,3,10H2,1-2H3. The van der Waals surface area contributed by atoms with Crippen molar-refractivity contribution in [2.45, 2.75) is 19.5 Å². The van der Waals surface area contributed by atoms with E-state index in [-0.39, 0.29) is 46.5 Å². The van der Waals surface area contributed by atoms with Gasteiger partial charge < -0.3 is 14.3 Å². The van der Waals surface area contributed by atoms with Crippen molar-refractivity contribution in [3.63, 3.8) is 0 Å². The van der Waals surface area contributed by atoms with Crippen molar-refractivity contribution in [3.05, 3.63) is 62.7 Å². The molecule has 2 aromatic rings. The Bertz CT molecular complexity index is 1010. The highest BCUT2D eigenvalue weighted by atomic mass is 35.5. The molecule has 0 N–H and O–H groups in total. The van der Waals surface area contributed by atoms with Crippen molar-refractivity contribution in [2.24, 2.45) is 5.16 Å². The van der Waals surface area contributed by atoms with Crippen molar-refractivity contribution in [1.82, 2.24) is 0 Å². The van der Waals surface area contributed by atoms with E-state index < -0.39 is 22.6 Å². The maximum Gasteiger partial charge on any atom is 0.416 e. The third-order valence-corrected chi connectivity index (χ3v) is 4.09. The summed E-state index contributed by atoms with van der Waals surface area (Å²) < 4.78 is 48.8. The summed E-state index contributed by atoms with van der Waals surface area (Å²) in [5, 5.41) is 14.7. The second-order valence-corrected chi connectivity index (χ2v) is 6.38. The molecule has 0 radical (unpaired) electrons. The van der Waals surface area contributed by atoms with Gasteiger partial charge in [0, 0.05) is 19.6 Å². The van der Waals surface area contributed by atoms with E-state index in [9.17, 15) is 28.1 Å². The van der Waals surface area contributed by atoms with Gasteiger partial charge in [0.15, 0.2) is 0 Å². The number of halogens is 4. The number of hydrogen-bond acceptors (Lipinski definition) is 7. The summed E-state index contributed by atoms with van der Waals surface area (Å²) in [7, 11) is 1.31. The highest BCUT2D eigenvalue weighted by molar-refractivity contribution is 6.32. The minimum Gasteiger partial charge on any atom is -0.456 e. The number of nitro groups is 1. The normalized spacial score (nSPS) is 11.9. The number of rotatable bonds is 8. The van der Waals surface area contributed by atoms with E-state index in [0.717, 1.165) is 18.2 Å². The Kier molecular flexibility index (Phi) is 7.95. The first-order valence-corrected chi connectivity index (χ1v) is 9.03. The summed E-state index contributed by atoms with van der Waals surface area (Å²) in [5.41, 5.74) is -1.48. The summed E-state index contributed by atoms with van der Waals surface area (Å²) in [5.74, 6) is -0.745. The molecule has 0 aliphatic heterocycles. The number of alkyl halides is 3. The Morgan fingerprint density at radius 3 is 2.48 bits per heavy atom. The van der Waals surface area contributed by atoms with E-state index in [1.54, 1.807) is 6.92 Å². The fourth-order valence-electron chi connectivity index (χ4n) is 2.32. The van der Waals surface area contributed by atoms with Crippen LogP contribution in [0.4, 0.5) is 18.9 Å². The van der Waals surface area contributed by atoms with Crippen molar-refractivity contribution >= 4 is 29.0 Å². The summed E-state index contributed by atoms with van der Waals surface area (Å²) >= 11 is 5.89. The second-order valence-electron chi connectivity index (χ2n) is 5.97. The smallest absolute Gasteiger partial charge is 0.416 e. The van der Waals surface area contributed by atoms with Gasteiger partial charge in [-0.1, -0.05) is 23.7 Å². The van der Waals surface area contributed by atoms with E-state index in [4.69, 9.17) is 25.9 Å². The minimum atomic E-state index is -4.58. The van der Waals surface area contributed by atoms with Crippen LogP contribution in [0.1, 0.15) is 24.5 Å². The molecule has 0 bridgehead atoms. The zero-order chi connectivity index (χ0) is 23.2. The van der Waals surface area contributed by atoms with Gasteiger partial charge in [-0.3, -0.25) is 10.1 Å². The van der Waals surface area contributed by atoms with Crippen molar-refractivity contribution in [3.8, 4) is 11.5 Å². The molecule has 31 heavy (non-hydrogen) atoms. The maximum absolute atomic E-state index is 12.8. The second kappa shape index (κ2) is 10.2. The number of nitrogens with zero attached hydrogens (tertiary/aromatic N) is 2. The number of oxime groups is 1. The fraction of sp³-hybridized carbons (Fsp3) is 0.263. The molecule has 0 unspecified atom stereocenters. The molecule has 166 valence electrons. The minimum absolute atomic E-state index is 0.0212. The zero-order valence-corrected chi connectivity index (χ0v) is 17.0. The molecular formula is C19H16ClF3N2O6. The average molecular weight is 461 g/mol. The lowest BCUT2D eigenvalue weighted by molar-refractivity contribution is -0.385. The van der Waals surface area contributed by atoms with Crippen LogP contribution in [0.25, 0.3) is 0 Å². The lowest BCUT2D eigenvalue weighted by Crippen LogP contribution is -2.13. The van der Waals surface area contributed by atoms with Gasteiger partial charge in [0.2, 0.25) is 0 Å². The Morgan fingerprint density at radius 1 is 1.23 bits per heavy atom. The Labute approximate surface area is 179 Å². The first-order valence-electron chi connectivity index (χ1n) is 8.65. The molecule has 0 saturated carbocycles. The highest BCUT2D eigenvalue weighted by Gasteiger charge is 2.31. The number of hydrogen-bond donors (Lipinski definition) is 0. The van der Waals surface area contributed by atoms with Gasteiger partial charge in [-0.2, -0.15) is 13.2 Å². The molecule has 2 aromatic carbocycles. The number of carbonyl (C=O) groups excluding carboxylic acids is 1. The van der Waals surface area contributed by atoms with Crippen molar-refractivity contribution in [1.29, 1.82) is 0 Å². The first kappa shape index (κ1) is 24.1. The van der Waals surface area contributed by atoms with Crippen LogP contribution in [0.15, 0.2) is 41.6 Å². The van der Waals surface area contributed by atoms with Gasteiger partial charge in [-0.05, 0) is 30.3 Å². The van der Waals surface area contributed by atoms with Gasteiger partial charge >= 0.3 is 12.1 Å². The largest absolute Gasteiger partial charge is 0.456 e. The van der Waals surface area contributed by atoms with Crippen LogP contribution < -0.4 is 4.74 Å². The molecule has 0 heterocycles. The number of nitro benzene ring substituents is 1. The lowest BCUT2D eigenvalue weighted by Gasteiger charge is -2.12. The molecule has 2 rings (SSSR count). The van der Waals surface area contributed by atoms with Gasteiger partial charge in [0.1, 0.15) is 17.2 Å². The number of carbonyl (C=O) groups is 1. The predicted octanol–water partition coefficient (Wildman–Crippen LogP) is 5.36. The summed E-state index contributed by atoms with van der Waals surface area (Å²) in [6.45, 7) is 1.31. The SMILES string of the molecule is CCC(=O)ON=C(COC)c1cc(Oc2ccc(C(F)(F)F)cc2Cl)ccc1[N+](=O)[O-]. The highest BCUT2D eigenvalue weighted by Crippen LogP contribution is 2.37. The monoisotopic (exact) mass is 460 g/mol. The van der Waals surface area contributed by atoms with Gasteiger partial charge in [-0.25, -0.2) is 4.79 Å². The molecule has 0 amide bonds. The van der Waals surface area contributed by atoms with Crippen molar-refractivity contribution in [2.75, 3.05) is 13.7 Å². The van der Waals surface area contributed by atoms with E-state index >= 15 is 0 Å². The molecule has 8 nitrogen and oxygen atoms in total. The molecule has 0 saturated heterocycles. The molecule has 12 heteroatoms. The van der Waals surface area contributed by atoms with Crippen LogP contribution in [0, 0.1) is 10.1 Å². The zero-order valence-electron chi connectivity index (χ0n) is 16.2. The van der Waals surface area contributed by atoms with E-state index in [2.05, 4.69) is 5.16 Å². The molecular weight excluding hydrogens is 445 g/mol. The molecule has 0 fully saturated rings. The molecule has 0 aliphatic carbocycles. The van der Waals surface area contributed by atoms with Crippen molar-refractivity contribution < 1.29 is 37.2 Å². The summed E-state index contributed by atoms with van der Waals surface area (Å²) in [6, 6.07) is 6.07. The van der Waals surface area contributed by atoms with E-state index in [0.29, 0.717) is 6.07 Å². The van der Waals surface area contributed by atoms with Crippen LogP contribution in [0.3, 0.4) is 0 Å². The third-order valence-electron chi connectivity index (χ3n) is 3.79. The van der Waals surface area contributed by atoms with Crippen LogP contribution in [0.2, 0.25) is 5.02 Å². The predicted molar refractivity (Wildman–Crippen MR) is 104 cm³/mol. The Hall–Kier alpha value is -3.18. The summed E-state index contributed by atoms with van der Waals surface area (Å²) in [4.78, 5) is 26.8. The molecule has 0 atom stereocenters. The van der Waals surface area contributed by atoms with Gasteiger partial charge in [0.25, 0.3) is 5.69 Å². The Balaban J connectivity index is 2.45. The molecule has 0 aromatic heterocycles. The topological polar surface area (TPSA) is 100 Å². The maximum atomic E-state index is 12.8. The van der Waals surface area contributed by atoms with E-state index in [1.807, 2.05) is 0 Å². The quantitative estimate of drug-likeness (QED) is 0.227. The average Bonchev–Trinajstić information content (AvgIpc) is 2.71. The van der Waals surface area contributed by atoms with Crippen LogP contribution in [0.5, 0.6) is 11.5 Å². The first-order chi connectivity index (χ1) is 14.6. The van der Waals surface area contributed by atoms with Crippen LogP contribution in [-0.4, -0.2) is 30.3 Å². The summed E-state index contributed by atoms with van der Waals surface area (Å²) in [6.07, 6.45) is -4.55. The van der Waals surface area contributed by atoms with E-state index in [1.165, 1.54) is 19.2 Å². The molecule has 0 spiro atoms. The number of ether oxygens (including phenoxy) is 2. The van der Waals surface area contributed by atoms with Crippen LogP contribution in [-0.2, 0) is 20.5 Å². The van der Waals surface area contributed by atoms with Gasteiger partial charge in [-0.15, -0.1) is 0 Å². The molecule has 0 aliphatic rings. The lowest BCUT2D eigenvalue weighted by atomic mass is 10.1. The van der Waals surface area contributed by atoms with Crippen LogP contribution >= 0.6 is 11.6 Å². The van der Waals surface area contributed by atoms with Gasteiger partial charge in [0.05, 0.1) is 27.7 Å².